The van der Waals surface area contributed by atoms with Crippen LogP contribution in [-0.2, 0) is 0 Å². The Balaban J connectivity index is 2.26. The van der Waals surface area contributed by atoms with E-state index in [0.29, 0.717) is 17.6 Å². The largest absolute Gasteiger partial charge is 0.349 e. The Morgan fingerprint density at radius 2 is 2.16 bits per heavy atom. The first-order valence-corrected chi connectivity index (χ1v) is 6.47. The van der Waals surface area contributed by atoms with Gasteiger partial charge >= 0.3 is 0 Å². The highest BCUT2D eigenvalue weighted by Gasteiger charge is 2.14. The molecule has 0 bridgehead atoms. The maximum Gasteiger partial charge on any atom is 0.253 e. The van der Waals surface area contributed by atoms with Crippen molar-refractivity contribution in [1.82, 2.24) is 15.3 Å². The number of para-hydroxylation sites is 1. The fraction of sp³-hybridized carbons (Fsp3) is 0.357. The van der Waals surface area contributed by atoms with Gasteiger partial charge in [0.05, 0.1) is 11.1 Å². The van der Waals surface area contributed by atoms with Gasteiger partial charge in [-0.2, -0.15) is 0 Å². The lowest BCUT2D eigenvalue weighted by Crippen LogP contribution is -2.36. The van der Waals surface area contributed by atoms with E-state index in [4.69, 9.17) is 5.73 Å². The summed E-state index contributed by atoms with van der Waals surface area (Å²) >= 11 is 0. The van der Waals surface area contributed by atoms with Crippen LogP contribution < -0.4 is 11.1 Å². The van der Waals surface area contributed by atoms with Gasteiger partial charge in [-0.1, -0.05) is 13.0 Å². The van der Waals surface area contributed by atoms with Crippen LogP contribution >= 0.6 is 0 Å². The van der Waals surface area contributed by atoms with E-state index in [9.17, 15) is 4.79 Å². The van der Waals surface area contributed by atoms with E-state index in [1.807, 2.05) is 19.1 Å². The number of rotatable bonds is 5. The molecule has 1 unspecified atom stereocenters. The molecule has 0 radical (unpaired) electrons. The molecule has 0 aliphatic heterocycles. The minimum atomic E-state index is -0.119. The maximum atomic E-state index is 12.3. The highest BCUT2D eigenvalue weighted by Crippen LogP contribution is 2.14. The summed E-state index contributed by atoms with van der Waals surface area (Å²) in [7, 11) is 0. The van der Waals surface area contributed by atoms with Crippen molar-refractivity contribution < 1.29 is 4.79 Å². The van der Waals surface area contributed by atoms with Crippen LogP contribution in [-0.4, -0.2) is 28.5 Å². The van der Waals surface area contributed by atoms with E-state index in [1.54, 1.807) is 18.5 Å². The molecule has 0 fully saturated rings. The first-order valence-electron chi connectivity index (χ1n) is 6.47. The van der Waals surface area contributed by atoms with Crippen molar-refractivity contribution >= 4 is 16.9 Å². The molecule has 1 aromatic heterocycles. The van der Waals surface area contributed by atoms with E-state index in [-0.39, 0.29) is 11.9 Å². The summed E-state index contributed by atoms with van der Waals surface area (Å²) < 4.78 is 0. The molecule has 1 atom stereocenters. The topological polar surface area (TPSA) is 80.9 Å². The van der Waals surface area contributed by atoms with Crippen molar-refractivity contribution in [3.8, 4) is 0 Å². The van der Waals surface area contributed by atoms with Crippen molar-refractivity contribution in [2.45, 2.75) is 25.8 Å². The molecule has 0 saturated carbocycles. The van der Waals surface area contributed by atoms with Crippen LogP contribution in [0.1, 0.15) is 30.1 Å². The highest BCUT2D eigenvalue weighted by atomic mass is 16.1. The van der Waals surface area contributed by atoms with Crippen molar-refractivity contribution in [3.63, 3.8) is 0 Å². The molecule has 5 nitrogen and oxygen atoms in total. The number of hydrogen-bond donors (Lipinski definition) is 2. The quantitative estimate of drug-likeness (QED) is 0.851. The SMILES string of the molecule is CCC(CCN)NC(=O)c1cccc2nccnc12. The molecule has 5 heteroatoms. The number of aromatic nitrogens is 2. The van der Waals surface area contributed by atoms with Crippen LogP contribution in [0, 0.1) is 0 Å². The van der Waals surface area contributed by atoms with Gasteiger partial charge in [0, 0.05) is 18.4 Å². The Morgan fingerprint density at radius 3 is 2.89 bits per heavy atom. The van der Waals surface area contributed by atoms with Gasteiger partial charge in [-0.05, 0) is 31.5 Å². The van der Waals surface area contributed by atoms with Gasteiger partial charge < -0.3 is 11.1 Å². The van der Waals surface area contributed by atoms with Crippen LogP contribution in [0.25, 0.3) is 11.0 Å². The minimum absolute atomic E-state index is 0.101. The molecule has 2 aromatic rings. The van der Waals surface area contributed by atoms with Gasteiger partial charge in [-0.25, -0.2) is 0 Å². The Labute approximate surface area is 112 Å². The molecule has 3 N–H and O–H groups in total. The lowest BCUT2D eigenvalue weighted by molar-refractivity contribution is 0.0936. The van der Waals surface area contributed by atoms with Crippen LogP contribution in [0.2, 0.25) is 0 Å². The molecule has 2 rings (SSSR count). The fourth-order valence-electron chi connectivity index (χ4n) is 2.02. The van der Waals surface area contributed by atoms with Crippen LogP contribution in [0.3, 0.4) is 0 Å². The summed E-state index contributed by atoms with van der Waals surface area (Å²) in [5.74, 6) is -0.119. The lowest BCUT2D eigenvalue weighted by Gasteiger charge is -2.16. The first-order chi connectivity index (χ1) is 9.26. The third kappa shape index (κ3) is 3.06. The van der Waals surface area contributed by atoms with Gasteiger partial charge in [0.25, 0.3) is 5.91 Å². The second-order valence-corrected chi connectivity index (χ2v) is 4.39. The zero-order valence-corrected chi connectivity index (χ0v) is 11.0. The zero-order valence-electron chi connectivity index (χ0n) is 11.0. The summed E-state index contributed by atoms with van der Waals surface area (Å²) in [6.07, 6.45) is 4.85. The normalized spacial score (nSPS) is 12.3. The number of carbonyl (C=O) groups is 1. The molecule has 0 saturated heterocycles. The Kier molecular flexibility index (Phi) is 4.41. The average Bonchev–Trinajstić information content (AvgIpc) is 2.46. The summed E-state index contributed by atoms with van der Waals surface area (Å²) in [5.41, 5.74) is 7.45. The monoisotopic (exact) mass is 258 g/mol. The third-order valence-electron chi connectivity index (χ3n) is 3.09. The van der Waals surface area contributed by atoms with E-state index in [1.165, 1.54) is 0 Å². The Morgan fingerprint density at radius 1 is 1.37 bits per heavy atom. The van der Waals surface area contributed by atoms with Gasteiger partial charge in [-0.15, -0.1) is 0 Å². The number of nitrogens with two attached hydrogens (primary N) is 1. The van der Waals surface area contributed by atoms with Crippen LogP contribution in [0.15, 0.2) is 30.6 Å². The summed E-state index contributed by atoms with van der Waals surface area (Å²) in [4.78, 5) is 20.7. The van der Waals surface area contributed by atoms with Gasteiger partial charge in [0.2, 0.25) is 0 Å². The standard InChI is InChI=1S/C14H18N4O/c1-2-10(6-7-15)18-14(19)11-4-3-5-12-13(11)17-9-8-16-12/h3-5,8-10H,2,6-7,15H2,1H3,(H,18,19). The Hall–Kier alpha value is -2.01. The second-order valence-electron chi connectivity index (χ2n) is 4.39. The van der Waals surface area contributed by atoms with E-state index < -0.39 is 0 Å². The van der Waals surface area contributed by atoms with E-state index in [2.05, 4.69) is 15.3 Å². The summed E-state index contributed by atoms with van der Waals surface area (Å²) in [6.45, 7) is 2.59. The number of nitrogens with zero attached hydrogens (tertiary/aromatic N) is 2. The molecule has 1 heterocycles. The van der Waals surface area contributed by atoms with Crippen LogP contribution in [0.5, 0.6) is 0 Å². The van der Waals surface area contributed by atoms with Gasteiger partial charge in [0.15, 0.2) is 0 Å². The number of amides is 1. The zero-order chi connectivity index (χ0) is 13.7. The van der Waals surface area contributed by atoms with Crippen molar-refractivity contribution in [2.75, 3.05) is 6.54 Å². The lowest BCUT2D eigenvalue weighted by atomic mass is 10.1. The summed E-state index contributed by atoms with van der Waals surface area (Å²) in [6, 6.07) is 5.53. The van der Waals surface area contributed by atoms with E-state index >= 15 is 0 Å². The average molecular weight is 258 g/mol. The van der Waals surface area contributed by atoms with Crippen molar-refractivity contribution in [3.05, 3.63) is 36.2 Å². The number of benzene rings is 1. The maximum absolute atomic E-state index is 12.3. The highest BCUT2D eigenvalue weighted by molar-refractivity contribution is 6.04. The molecule has 0 aliphatic rings. The van der Waals surface area contributed by atoms with E-state index in [0.717, 1.165) is 18.4 Å². The predicted molar refractivity (Wildman–Crippen MR) is 74.8 cm³/mol. The third-order valence-corrected chi connectivity index (χ3v) is 3.09. The molecule has 100 valence electrons. The van der Waals surface area contributed by atoms with Crippen molar-refractivity contribution in [2.24, 2.45) is 5.73 Å². The minimum Gasteiger partial charge on any atom is -0.349 e. The molecule has 19 heavy (non-hydrogen) atoms. The molecule has 0 spiro atoms. The molecule has 1 aromatic carbocycles. The van der Waals surface area contributed by atoms with Gasteiger partial charge in [0.1, 0.15) is 5.52 Å². The number of hydrogen-bond acceptors (Lipinski definition) is 4. The first kappa shape index (κ1) is 13.4. The molecule has 1 amide bonds. The number of carbonyl (C=O) groups excluding carboxylic acids is 1. The van der Waals surface area contributed by atoms with Crippen LogP contribution in [0.4, 0.5) is 0 Å². The predicted octanol–water partition coefficient (Wildman–Crippen LogP) is 1.49. The fourth-order valence-corrected chi connectivity index (χ4v) is 2.02. The smallest absolute Gasteiger partial charge is 0.253 e. The van der Waals surface area contributed by atoms with Gasteiger partial charge in [-0.3, -0.25) is 14.8 Å². The molecular weight excluding hydrogens is 240 g/mol. The number of nitrogens with one attached hydrogen (secondary N) is 1. The van der Waals surface area contributed by atoms with Crippen molar-refractivity contribution in [1.29, 1.82) is 0 Å². The molecular formula is C14H18N4O. The number of fused-ring (bicyclic) bond motifs is 1. The summed E-state index contributed by atoms with van der Waals surface area (Å²) in [5, 5.41) is 2.99. The second kappa shape index (κ2) is 6.24. The molecule has 0 aliphatic carbocycles. The Bertz CT molecular complexity index is 565.